The van der Waals surface area contributed by atoms with Crippen molar-refractivity contribution in [3.63, 3.8) is 0 Å². The van der Waals surface area contributed by atoms with Crippen LogP contribution in [-0.4, -0.2) is 0 Å². The molecule has 0 saturated carbocycles. The van der Waals surface area contributed by atoms with E-state index in [1.54, 1.807) is 0 Å². The molecule has 1 heteroatoms. The third-order valence-electron chi connectivity index (χ3n) is 1.73. The smallest absolute Gasteiger partial charge is 0 e. The largest absolute Gasteiger partial charge is 1.00 e. The van der Waals surface area contributed by atoms with Crippen LogP contribution < -0.4 is 0 Å². The van der Waals surface area contributed by atoms with Gasteiger partial charge in [-0.05, 0) is 0 Å². The van der Waals surface area contributed by atoms with Gasteiger partial charge >= 0.3 is 0 Å². The molecule has 0 aromatic heterocycles. The second-order valence-corrected chi connectivity index (χ2v) is 2.67. The van der Waals surface area contributed by atoms with Gasteiger partial charge in [0.1, 0.15) is 0 Å². The van der Waals surface area contributed by atoms with E-state index in [1.165, 1.54) is 5.57 Å². The fraction of sp³-hybridized carbons (Fsp3) is 0.333. The summed E-state index contributed by atoms with van der Waals surface area (Å²) in [7, 11) is 0. The molecule has 0 N–H and O–H groups in total. The normalized spacial score (nSPS) is 16.2. The van der Waals surface area contributed by atoms with E-state index in [9.17, 15) is 0 Å². The second-order valence-electron chi connectivity index (χ2n) is 2.67. The Hall–Kier alpha value is -0.170. The van der Waals surface area contributed by atoms with Crippen LogP contribution in [-0.2, 0) is 25.8 Å². The average Bonchev–Trinajstić information content (AvgIpc) is 2.81. The van der Waals surface area contributed by atoms with E-state index in [0.29, 0.717) is 0 Å². The minimum atomic E-state index is 0. The van der Waals surface area contributed by atoms with Crippen molar-refractivity contribution in [3.05, 3.63) is 48.1 Å². The van der Waals surface area contributed by atoms with E-state index < -0.39 is 0 Å². The van der Waals surface area contributed by atoms with Crippen LogP contribution in [0.4, 0.5) is 0 Å². The molecular formula is C12H16Hf-4. The summed E-state index contributed by atoms with van der Waals surface area (Å²) in [5.74, 6) is 0. The summed E-state index contributed by atoms with van der Waals surface area (Å²) >= 11 is 0. The number of hydrogen-bond donors (Lipinski definition) is 0. The van der Waals surface area contributed by atoms with Gasteiger partial charge in [-0.1, -0.05) is 13.3 Å². The van der Waals surface area contributed by atoms with Gasteiger partial charge in [0.05, 0.1) is 0 Å². The molecule has 2 aliphatic rings. The molecular weight excluding hydrogens is 323 g/mol. The van der Waals surface area contributed by atoms with Crippen molar-refractivity contribution in [2.24, 2.45) is 0 Å². The molecule has 0 aromatic carbocycles. The Morgan fingerprint density at radius 3 is 2.46 bits per heavy atom. The van der Waals surface area contributed by atoms with Crippen LogP contribution in [0.1, 0.15) is 29.0 Å². The quantitative estimate of drug-likeness (QED) is 0.506. The maximum absolute atomic E-state index is 3.21. The Bertz CT molecular complexity index is 230. The summed E-state index contributed by atoms with van der Waals surface area (Å²) in [6, 6.07) is 0. The van der Waals surface area contributed by atoms with E-state index >= 15 is 0 Å². The zero-order valence-corrected chi connectivity index (χ0v) is 11.6. The molecule has 0 aromatic rings. The van der Waals surface area contributed by atoms with Gasteiger partial charge in [-0.15, -0.1) is 12.8 Å². The van der Waals surface area contributed by atoms with Crippen LogP contribution in [0.15, 0.2) is 36.0 Å². The zero-order valence-electron chi connectivity index (χ0n) is 10.0. The fourth-order valence-electron chi connectivity index (χ4n) is 1.03. The van der Waals surface area contributed by atoms with Gasteiger partial charge in [0.15, 0.2) is 0 Å². The van der Waals surface area contributed by atoms with Crippen molar-refractivity contribution in [2.75, 3.05) is 0 Å². The summed E-state index contributed by atoms with van der Waals surface area (Å²) in [4.78, 5) is 0. The minimum absolute atomic E-state index is 0. The van der Waals surface area contributed by atoms with Crippen molar-refractivity contribution >= 4 is 0 Å². The van der Waals surface area contributed by atoms with Gasteiger partial charge in [0.2, 0.25) is 0 Å². The van der Waals surface area contributed by atoms with Crippen LogP contribution in [0.2, 0.25) is 0 Å². The molecule has 0 bridgehead atoms. The number of rotatable bonds is 1. The predicted molar refractivity (Wildman–Crippen MR) is 54.6 cm³/mol. The SMILES string of the molecule is CCC1=[C-]CC=C1.[C-]1=CC=CC1.[H-].[H-].[Hf]. The summed E-state index contributed by atoms with van der Waals surface area (Å²) in [5, 5.41) is 0. The van der Waals surface area contributed by atoms with Crippen LogP contribution in [0.5, 0.6) is 0 Å². The minimum Gasteiger partial charge on any atom is -1.00 e. The zero-order chi connectivity index (χ0) is 8.65. The van der Waals surface area contributed by atoms with Gasteiger partial charge in [-0.3, -0.25) is 12.2 Å². The van der Waals surface area contributed by atoms with Crippen molar-refractivity contribution in [3.8, 4) is 0 Å². The summed E-state index contributed by atoms with van der Waals surface area (Å²) in [5.41, 5.74) is 1.36. The summed E-state index contributed by atoms with van der Waals surface area (Å²) in [6.45, 7) is 2.15. The van der Waals surface area contributed by atoms with Gasteiger partial charge in [-0.25, -0.2) is 23.8 Å². The monoisotopic (exact) mass is 340 g/mol. The summed E-state index contributed by atoms with van der Waals surface area (Å²) < 4.78 is 0. The van der Waals surface area contributed by atoms with Crippen molar-refractivity contribution < 1.29 is 28.7 Å². The Labute approximate surface area is 103 Å². The van der Waals surface area contributed by atoms with Gasteiger partial charge in [0.25, 0.3) is 0 Å². The first-order valence-electron chi connectivity index (χ1n) is 4.41. The molecule has 0 fully saturated rings. The Balaban J connectivity index is -0.000000165. The van der Waals surface area contributed by atoms with Crippen molar-refractivity contribution in [1.29, 1.82) is 0 Å². The van der Waals surface area contributed by atoms with Crippen molar-refractivity contribution in [1.82, 2.24) is 0 Å². The fourth-order valence-corrected chi connectivity index (χ4v) is 1.03. The number of hydrogen-bond acceptors (Lipinski definition) is 0. The summed E-state index contributed by atoms with van der Waals surface area (Å²) in [6.07, 6.45) is 19.7. The topological polar surface area (TPSA) is 0 Å². The number of allylic oxidation sites excluding steroid dienone is 8. The van der Waals surface area contributed by atoms with Crippen LogP contribution in [0.25, 0.3) is 0 Å². The van der Waals surface area contributed by atoms with Gasteiger partial charge < -0.3 is 2.85 Å². The van der Waals surface area contributed by atoms with Crippen LogP contribution in [0.3, 0.4) is 0 Å². The molecule has 0 amide bonds. The van der Waals surface area contributed by atoms with E-state index in [4.69, 9.17) is 0 Å². The first-order chi connectivity index (χ1) is 5.93. The molecule has 0 nitrogen and oxygen atoms in total. The molecule has 0 atom stereocenters. The van der Waals surface area contributed by atoms with E-state index in [1.807, 2.05) is 12.2 Å². The molecule has 2 rings (SSSR count). The molecule has 2 aliphatic carbocycles. The van der Waals surface area contributed by atoms with Crippen LogP contribution in [0, 0.1) is 12.2 Å². The van der Waals surface area contributed by atoms with Crippen molar-refractivity contribution in [2.45, 2.75) is 26.2 Å². The van der Waals surface area contributed by atoms with Gasteiger partial charge in [-0.2, -0.15) is 12.2 Å². The molecule has 0 spiro atoms. The molecule has 0 aliphatic heterocycles. The van der Waals surface area contributed by atoms with E-state index in [0.717, 1.165) is 19.3 Å². The first-order valence-corrected chi connectivity index (χ1v) is 4.41. The molecule has 13 heavy (non-hydrogen) atoms. The predicted octanol–water partition coefficient (Wildman–Crippen LogP) is 3.61. The standard InChI is InChI=1S/C7H9.C5H5.Hf.2H/c1-2-7-5-3-4-6-7;1-2-4-5-3-1;;;/h3,5H,2,4H2,1H3;1-3H,4H2;;;/q2*-1;;2*-1. The maximum atomic E-state index is 3.21. The maximum Gasteiger partial charge on any atom is 0 e. The molecule has 72 valence electrons. The molecule has 0 radical (unpaired) electrons. The third-order valence-corrected chi connectivity index (χ3v) is 1.73. The second kappa shape index (κ2) is 8.43. The first kappa shape index (κ1) is 12.8. The molecule has 0 saturated heterocycles. The van der Waals surface area contributed by atoms with Gasteiger partial charge in [0, 0.05) is 25.8 Å². The molecule has 0 unspecified atom stereocenters. The van der Waals surface area contributed by atoms with Crippen LogP contribution >= 0.6 is 0 Å². The van der Waals surface area contributed by atoms with E-state index in [-0.39, 0.29) is 28.7 Å². The Kier molecular flexibility index (Phi) is 8.32. The Morgan fingerprint density at radius 1 is 1.38 bits per heavy atom. The molecule has 0 heterocycles. The average molecular weight is 339 g/mol. The Morgan fingerprint density at radius 2 is 2.23 bits per heavy atom. The third kappa shape index (κ3) is 5.98. The van der Waals surface area contributed by atoms with E-state index in [2.05, 4.69) is 37.3 Å².